The molecule has 2 rings (SSSR count). The molecule has 1 heterocycles. The fourth-order valence-corrected chi connectivity index (χ4v) is 2.17. The van der Waals surface area contributed by atoms with Crippen LogP contribution in [0.25, 0.3) is 0 Å². The Bertz CT molecular complexity index is 772. The molecule has 0 aliphatic carbocycles. The largest absolute Gasteiger partial charge is 0.493 e. The second-order valence-electron chi connectivity index (χ2n) is 5.19. The van der Waals surface area contributed by atoms with Crippen molar-refractivity contribution in [3.63, 3.8) is 0 Å². The first kappa shape index (κ1) is 15.8. The molecule has 0 aliphatic heterocycles. The number of para-hydroxylation sites is 1. The Balaban J connectivity index is 2.01. The molecule has 5 nitrogen and oxygen atoms in total. The quantitative estimate of drug-likeness (QED) is 0.795. The maximum absolute atomic E-state index is 12.1. The summed E-state index contributed by atoms with van der Waals surface area (Å²) in [6.45, 7) is 6.46. The van der Waals surface area contributed by atoms with Crippen LogP contribution < -0.4 is 10.3 Å². The van der Waals surface area contributed by atoms with E-state index in [2.05, 4.69) is 5.10 Å². The van der Waals surface area contributed by atoms with Crippen molar-refractivity contribution in [2.75, 3.05) is 6.61 Å². The average molecular weight is 297 g/mol. The van der Waals surface area contributed by atoms with Crippen LogP contribution in [-0.4, -0.2) is 16.4 Å². The van der Waals surface area contributed by atoms with Crippen LogP contribution in [0.4, 0.5) is 0 Å². The van der Waals surface area contributed by atoms with Crippen LogP contribution in [0.2, 0.25) is 0 Å². The summed E-state index contributed by atoms with van der Waals surface area (Å²) < 4.78 is 7.05. The van der Waals surface area contributed by atoms with Crippen molar-refractivity contribution < 1.29 is 4.74 Å². The third-order valence-corrected chi connectivity index (χ3v) is 3.61. The second kappa shape index (κ2) is 6.90. The van der Waals surface area contributed by atoms with Gasteiger partial charge >= 0.3 is 0 Å². The monoisotopic (exact) mass is 297 g/mol. The summed E-state index contributed by atoms with van der Waals surface area (Å²) in [5.74, 6) is 0.848. The molecule has 22 heavy (non-hydrogen) atoms. The molecule has 1 aromatic carbocycles. The van der Waals surface area contributed by atoms with Gasteiger partial charge in [0.1, 0.15) is 17.4 Å². The third kappa shape index (κ3) is 3.34. The van der Waals surface area contributed by atoms with E-state index < -0.39 is 0 Å². The first-order chi connectivity index (χ1) is 10.5. The molecule has 0 saturated heterocycles. The van der Waals surface area contributed by atoms with E-state index in [0.29, 0.717) is 30.8 Å². The van der Waals surface area contributed by atoms with Crippen molar-refractivity contribution in [2.24, 2.45) is 0 Å². The Hall–Kier alpha value is -2.61. The van der Waals surface area contributed by atoms with E-state index in [0.717, 1.165) is 11.3 Å². The molecule has 0 saturated carbocycles. The number of aryl methyl sites for hydroxylation is 3. The fourth-order valence-electron chi connectivity index (χ4n) is 2.17. The van der Waals surface area contributed by atoms with Gasteiger partial charge in [0.2, 0.25) is 0 Å². The highest BCUT2D eigenvalue weighted by Gasteiger charge is 2.11. The van der Waals surface area contributed by atoms with E-state index in [9.17, 15) is 4.79 Å². The van der Waals surface area contributed by atoms with Gasteiger partial charge in [-0.1, -0.05) is 18.2 Å². The molecule has 0 aliphatic rings. The van der Waals surface area contributed by atoms with E-state index in [-0.39, 0.29) is 11.1 Å². The molecular weight excluding hydrogens is 278 g/mol. The van der Waals surface area contributed by atoms with Gasteiger partial charge in [0, 0.05) is 13.0 Å². The molecule has 0 spiro atoms. The molecule has 0 fully saturated rings. The molecule has 0 bridgehead atoms. The number of rotatable bonds is 5. The van der Waals surface area contributed by atoms with Gasteiger partial charge in [0.05, 0.1) is 12.3 Å². The Morgan fingerprint density at radius 3 is 2.68 bits per heavy atom. The molecule has 114 valence electrons. The van der Waals surface area contributed by atoms with Crippen molar-refractivity contribution in [1.82, 2.24) is 9.78 Å². The lowest BCUT2D eigenvalue weighted by Crippen LogP contribution is -2.28. The second-order valence-corrected chi connectivity index (χ2v) is 5.19. The summed E-state index contributed by atoms with van der Waals surface area (Å²) in [5.41, 5.74) is 2.28. The van der Waals surface area contributed by atoms with E-state index in [1.54, 1.807) is 13.8 Å². The number of nitriles is 1. The van der Waals surface area contributed by atoms with Crippen LogP contribution in [0.3, 0.4) is 0 Å². The topological polar surface area (TPSA) is 67.9 Å². The SMILES string of the molecule is Cc1ccccc1OCCCn1nc(C)c(C)c(C#N)c1=O. The highest BCUT2D eigenvalue weighted by molar-refractivity contribution is 5.36. The summed E-state index contributed by atoms with van der Waals surface area (Å²) in [6.07, 6.45) is 0.647. The van der Waals surface area contributed by atoms with Gasteiger partial charge in [0.15, 0.2) is 0 Å². The standard InChI is InChI=1S/C17H19N3O2/c1-12-7-4-5-8-16(12)22-10-6-9-20-17(21)15(11-18)13(2)14(3)19-20/h4-5,7-8H,6,9-10H2,1-3H3. The molecule has 0 N–H and O–H groups in total. The molecule has 5 heteroatoms. The van der Waals surface area contributed by atoms with Crippen LogP contribution in [0.1, 0.15) is 28.8 Å². The summed E-state index contributed by atoms with van der Waals surface area (Å²) >= 11 is 0. The Labute approximate surface area is 129 Å². The van der Waals surface area contributed by atoms with Crippen LogP contribution in [0, 0.1) is 32.1 Å². The van der Waals surface area contributed by atoms with E-state index in [1.165, 1.54) is 4.68 Å². The molecule has 0 unspecified atom stereocenters. The van der Waals surface area contributed by atoms with E-state index in [4.69, 9.17) is 10.00 Å². The van der Waals surface area contributed by atoms with E-state index >= 15 is 0 Å². The van der Waals surface area contributed by atoms with Gasteiger partial charge in [-0.25, -0.2) is 4.68 Å². The third-order valence-electron chi connectivity index (χ3n) is 3.61. The zero-order chi connectivity index (χ0) is 16.1. The number of aromatic nitrogens is 2. The lowest BCUT2D eigenvalue weighted by Gasteiger charge is -2.11. The summed E-state index contributed by atoms with van der Waals surface area (Å²) in [5, 5.41) is 13.3. The minimum atomic E-state index is -0.332. The van der Waals surface area contributed by atoms with E-state index in [1.807, 2.05) is 37.3 Å². The molecule has 0 radical (unpaired) electrons. The number of hydrogen-bond donors (Lipinski definition) is 0. The van der Waals surface area contributed by atoms with Gasteiger partial charge < -0.3 is 4.74 Å². The summed E-state index contributed by atoms with van der Waals surface area (Å²) in [6, 6.07) is 9.76. The minimum absolute atomic E-state index is 0.173. The number of hydrogen-bond acceptors (Lipinski definition) is 4. The lowest BCUT2D eigenvalue weighted by atomic mass is 10.1. The highest BCUT2D eigenvalue weighted by Crippen LogP contribution is 2.16. The molecular formula is C17H19N3O2. The first-order valence-corrected chi connectivity index (χ1v) is 7.21. The maximum atomic E-state index is 12.1. The van der Waals surface area contributed by atoms with Crippen molar-refractivity contribution in [2.45, 2.75) is 33.7 Å². The maximum Gasteiger partial charge on any atom is 0.284 e. The van der Waals surface area contributed by atoms with Crippen molar-refractivity contribution in [1.29, 1.82) is 5.26 Å². The normalized spacial score (nSPS) is 10.3. The minimum Gasteiger partial charge on any atom is -0.493 e. The smallest absolute Gasteiger partial charge is 0.284 e. The van der Waals surface area contributed by atoms with Crippen molar-refractivity contribution in [3.05, 3.63) is 57.0 Å². The molecule has 1 aromatic heterocycles. The summed E-state index contributed by atoms with van der Waals surface area (Å²) in [4.78, 5) is 12.1. The fraction of sp³-hybridized carbons (Fsp3) is 0.353. The Morgan fingerprint density at radius 2 is 2.00 bits per heavy atom. The van der Waals surface area contributed by atoms with Gasteiger partial charge in [-0.05, 0) is 38.0 Å². The summed E-state index contributed by atoms with van der Waals surface area (Å²) in [7, 11) is 0. The van der Waals surface area contributed by atoms with Crippen LogP contribution in [-0.2, 0) is 6.54 Å². The molecule has 0 amide bonds. The zero-order valence-corrected chi connectivity index (χ0v) is 13.1. The van der Waals surface area contributed by atoms with Crippen LogP contribution in [0.5, 0.6) is 5.75 Å². The zero-order valence-electron chi connectivity index (χ0n) is 13.1. The number of ether oxygens (including phenoxy) is 1. The van der Waals surface area contributed by atoms with Gasteiger partial charge in [-0.15, -0.1) is 0 Å². The van der Waals surface area contributed by atoms with Gasteiger partial charge in [-0.2, -0.15) is 10.4 Å². The Morgan fingerprint density at radius 1 is 1.27 bits per heavy atom. The molecule has 0 atom stereocenters. The van der Waals surface area contributed by atoms with Crippen molar-refractivity contribution in [3.8, 4) is 11.8 Å². The molecule has 2 aromatic rings. The predicted molar refractivity (Wildman–Crippen MR) is 84.0 cm³/mol. The predicted octanol–water partition coefficient (Wildman–Crippen LogP) is 2.51. The first-order valence-electron chi connectivity index (χ1n) is 7.21. The number of benzene rings is 1. The lowest BCUT2D eigenvalue weighted by molar-refractivity contribution is 0.295. The average Bonchev–Trinajstić information content (AvgIpc) is 2.51. The number of nitrogens with zero attached hydrogens (tertiary/aromatic N) is 3. The van der Waals surface area contributed by atoms with Crippen LogP contribution >= 0.6 is 0 Å². The van der Waals surface area contributed by atoms with Gasteiger partial charge in [-0.3, -0.25) is 4.79 Å². The Kier molecular flexibility index (Phi) is 4.95. The highest BCUT2D eigenvalue weighted by atomic mass is 16.5. The van der Waals surface area contributed by atoms with Crippen molar-refractivity contribution >= 4 is 0 Å². The van der Waals surface area contributed by atoms with Crippen LogP contribution in [0.15, 0.2) is 29.1 Å². The van der Waals surface area contributed by atoms with Gasteiger partial charge in [0.25, 0.3) is 5.56 Å².